The van der Waals surface area contributed by atoms with Crippen LogP contribution in [0.15, 0.2) is 24.3 Å². The molecule has 158 valence electrons. The fraction of sp³-hybridized carbons (Fsp3) is 0.474. The van der Waals surface area contributed by atoms with Crippen LogP contribution in [0.5, 0.6) is 5.75 Å². The summed E-state index contributed by atoms with van der Waals surface area (Å²) in [6.45, 7) is 0.698. The van der Waals surface area contributed by atoms with E-state index in [-0.39, 0.29) is 30.9 Å². The molecule has 0 saturated carbocycles. The Hall–Kier alpha value is -3.14. The van der Waals surface area contributed by atoms with Crippen molar-refractivity contribution >= 4 is 23.7 Å². The smallest absolute Gasteiger partial charge is 0.326 e. The number of amides is 3. The summed E-state index contributed by atoms with van der Waals surface area (Å²) in [4.78, 5) is 47.7. The maximum atomic E-state index is 12.7. The molecule has 0 aliphatic carbocycles. The Morgan fingerprint density at radius 3 is 2.38 bits per heavy atom. The van der Waals surface area contributed by atoms with Crippen LogP contribution in [-0.4, -0.2) is 58.6 Å². The van der Waals surface area contributed by atoms with Gasteiger partial charge < -0.3 is 31.9 Å². The van der Waals surface area contributed by atoms with Gasteiger partial charge in [-0.25, -0.2) is 4.79 Å². The van der Waals surface area contributed by atoms with Crippen LogP contribution in [0.4, 0.5) is 0 Å². The van der Waals surface area contributed by atoms with Crippen molar-refractivity contribution in [1.82, 2.24) is 16.0 Å². The molecule has 1 aliphatic rings. The number of nitrogens with two attached hydrogens (primary N) is 1. The number of carbonyl (C=O) groups excluding carboxylic acids is 3. The van der Waals surface area contributed by atoms with Crippen LogP contribution in [0.1, 0.15) is 31.2 Å². The highest BCUT2D eigenvalue weighted by Crippen LogP contribution is 2.12. The maximum absolute atomic E-state index is 12.7. The molecule has 1 aliphatic heterocycles. The van der Waals surface area contributed by atoms with Crippen LogP contribution in [0.3, 0.4) is 0 Å². The van der Waals surface area contributed by atoms with Gasteiger partial charge in [-0.15, -0.1) is 0 Å². The minimum absolute atomic E-state index is 0.0119. The van der Waals surface area contributed by atoms with Gasteiger partial charge in [0.05, 0.1) is 6.04 Å². The van der Waals surface area contributed by atoms with Crippen molar-refractivity contribution < 1.29 is 29.4 Å². The number of hydrogen-bond acceptors (Lipinski definition) is 6. The van der Waals surface area contributed by atoms with Crippen LogP contribution in [0.25, 0.3) is 0 Å². The number of aliphatic carboxylic acids is 1. The number of aromatic hydroxyl groups is 1. The first kappa shape index (κ1) is 22.2. The number of nitrogens with one attached hydrogen (secondary N) is 3. The van der Waals surface area contributed by atoms with Crippen LogP contribution in [0.2, 0.25) is 0 Å². The Labute approximate surface area is 167 Å². The molecule has 0 bridgehead atoms. The van der Waals surface area contributed by atoms with Crippen LogP contribution < -0.4 is 21.7 Å². The summed E-state index contributed by atoms with van der Waals surface area (Å²) in [5.74, 6) is -2.92. The summed E-state index contributed by atoms with van der Waals surface area (Å²) in [6, 6.07) is 3.18. The van der Waals surface area contributed by atoms with Gasteiger partial charge in [0.25, 0.3) is 0 Å². The summed E-state index contributed by atoms with van der Waals surface area (Å²) in [5, 5.41) is 26.8. The summed E-state index contributed by atoms with van der Waals surface area (Å²) in [6.07, 6.45) is 1.29. The van der Waals surface area contributed by atoms with E-state index >= 15 is 0 Å². The molecule has 2 rings (SSSR count). The summed E-state index contributed by atoms with van der Waals surface area (Å²) >= 11 is 0. The molecule has 3 atom stereocenters. The number of carboxylic acid groups (broad SMARTS) is 1. The number of primary amides is 1. The topological polar surface area (TPSA) is 171 Å². The molecule has 1 heterocycles. The zero-order valence-corrected chi connectivity index (χ0v) is 15.9. The van der Waals surface area contributed by atoms with Gasteiger partial charge in [-0.2, -0.15) is 0 Å². The number of rotatable bonds is 10. The van der Waals surface area contributed by atoms with E-state index in [0.29, 0.717) is 18.5 Å². The van der Waals surface area contributed by atoms with Crippen molar-refractivity contribution in [2.45, 2.75) is 50.2 Å². The van der Waals surface area contributed by atoms with E-state index in [1.807, 2.05) is 0 Å². The summed E-state index contributed by atoms with van der Waals surface area (Å²) in [7, 11) is 0. The Balaban J connectivity index is 2.05. The second kappa shape index (κ2) is 10.4. The molecule has 7 N–H and O–H groups in total. The summed E-state index contributed by atoms with van der Waals surface area (Å²) < 4.78 is 0. The Bertz CT molecular complexity index is 746. The van der Waals surface area contributed by atoms with Crippen LogP contribution in [-0.2, 0) is 25.6 Å². The van der Waals surface area contributed by atoms with Gasteiger partial charge in [0.15, 0.2) is 0 Å². The standard InChI is InChI=1S/C19H26N4O6/c20-16(25)8-7-14(22-17(26)13-2-1-9-21-13)18(27)23-15(19(28)29)10-11-3-5-12(24)6-4-11/h3-6,13-15,21,24H,1-2,7-10H2,(H2,20,25)(H,22,26)(H,23,27)(H,28,29)/t13-,14-,15-/m0/s1. The quantitative estimate of drug-likeness (QED) is 0.289. The Morgan fingerprint density at radius 1 is 1.14 bits per heavy atom. The number of phenolic OH excluding ortho intramolecular Hbond substituents is 1. The third kappa shape index (κ3) is 7.07. The van der Waals surface area contributed by atoms with Crippen LogP contribution in [0, 0.1) is 0 Å². The van der Waals surface area contributed by atoms with E-state index in [0.717, 1.165) is 6.42 Å². The van der Waals surface area contributed by atoms with E-state index in [4.69, 9.17) is 5.73 Å². The molecule has 1 fully saturated rings. The van der Waals surface area contributed by atoms with E-state index < -0.39 is 35.9 Å². The minimum Gasteiger partial charge on any atom is -0.508 e. The van der Waals surface area contributed by atoms with Gasteiger partial charge >= 0.3 is 5.97 Å². The lowest BCUT2D eigenvalue weighted by Gasteiger charge is -2.22. The van der Waals surface area contributed by atoms with E-state index in [1.54, 1.807) is 12.1 Å². The lowest BCUT2D eigenvalue weighted by molar-refractivity contribution is -0.142. The van der Waals surface area contributed by atoms with Gasteiger partial charge in [0, 0.05) is 12.8 Å². The lowest BCUT2D eigenvalue weighted by atomic mass is 10.0. The second-order valence-electron chi connectivity index (χ2n) is 6.99. The highest BCUT2D eigenvalue weighted by Gasteiger charge is 2.30. The van der Waals surface area contributed by atoms with Crippen molar-refractivity contribution in [3.8, 4) is 5.75 Å². The molecule has 1 saturated heterocycles. The predicted octanol–water partition coefficient (Wildman–Crippen LogP) is -0.994. The molecule has 1 aromatic rings. The zero-order valence-electron chi connectivity index (χ0n) is 15.9. The first-order chi connectivity index (χ1) is 13.8. The highest BCUT2D eigenvalue weighted by atomic mass is 16.4. The molecule has 0 aromatic heterocycles. The molecule has 29 heavy (non-hydrogen) atoms. The number of hydrogen-bond donors (Lipinski definition) is 6. The molecule has 10 heteroatoms. The SMILES string of the molecule is NC(=O)CC[C@H](NC(=O)[C@@H]1CCCN1)C(=O)N[C@@H](Cc1ccc(O)cc1)C(=O)O. The Kier molecular flexibility index (Phi) is 7.96. The van der Waals surface area contributed by atoms with Gasteiger partial charge in [0.1, 0.15) is 17.8 Å². The second-order valence-corrected chi connectivity index (χ2v) is 6.99. The fourth-order valence-electron chi connectivity index (χ4n) is 3.08. The van der Waals surface area contributed by atoms with Crippen molar-refractivity contribution in [3.05, 3.63) is 29.8 Å². The minimum atomic E-state index is -1.25. The number of phenols is 1. The number of carbonyl (C=O) groups is 4. The maximum Gasteiger partial charge on any atom is 0.326 e. The van der Waals surface area contributed by atoms with Gasteiger partial charge in [0.2, 0.25) is 17.7 Å². The highest BCUT2D eigenvalue weighted by molar-refractivity contribution is 5.92. The first-order valence-electron chi connectivity index (χ1n) is 9.39. The zero-order chi connectivity index (χ0) is 21.4. The van der Waals surface area contributed by atoms with E-state index in [9.17, 15) is 29.4 Å². The fourth-order valence-corrected chi connectivity index (χ4v) is 3.08. The number of benzene rings is 1. The monoisotopic (exact) mass is 406 g/mol. The van der Waals surface area contributed by atoms with Gasteiger partial charge in [-0.3, -0.25) is 14.4 Å². The Morgan fingerprint density at radius 2 is 1.83 bits per heavy atom. The van der Waals surface area contributed by atoms with Crippen molar-refractivity contribution in [2.24, 2.45) is 5.73 Å². The van der Waals surface area contributed by atoms with Crippen molar-refractivity contribution in [2.75, 3.05) is 6.54 Å². The average molecular weight is 406 g/mol. The first-order valence-corrected chi connectivity index (χ1v) is 9.39. The van der Waals surface area contributed by atoms with Gasteiger partial charge in [-0.1, -0.05) is 12.1 Å². The third-order valence-corrected chi connectivity index (χ3v) is 4.68. The molecular formula is C19H26N4O6. The molecule has 10 nitrogen and oxygen atoms in total. The van der Waals surface area contributed by atoms with E-state index in [1.165, 1.54) is 12.1 Å². The molecule has 1 aromatic carbocycles. The average Bonchev–Trinajstić information content (AvgIpc) is 3.20. The summed E-state index contributed by atoms with van der Waals surface area (Å²) in [5.41, 5.74) is 5.75. The molecule has 0 radical (unpaired) electrons. The molecular weight excluding hydrogens is 380 g/mol. The number of carboxylic acids is 1. The van der Waals surface area contributed by atoms with Crippen LogP contribution >= 0.6 is 0 Å². The molecule has 0 unspecified atom stereocenters. The lowest BCUT2D eigenvalue weighted by Crippen LogP contribution is -2.54. The normalized spacial score (nSPS) is 17.9. The van der Waals surface area contributed by atoms with E-state index in [2.05, 4.69) is 16.0 Å². The van der Waals surface area contributed by atoms with Gasteiger partial charge in [-0.05, 0) is 43.5 Å². The van der Waals surface area contributed by atoms with Crippen molar-refractivity contribution in [1.29, 1.82) is 0 Å². The molecule has 0 spiro atoms. The van der Waals surface area contributed by atoms with Crippen molar-refractivity contribution in [3.63, 3.8) is 0 Å². The largest absolute Gasteiger partial charge is 0.508 e. The predicted molar refractivity (Wildman–Crippen MR) is 103 cm³/mol. The third-order valence-electron chi connectivity index (χ3n) is 4.68. The molecule has 3 amide bonds.